The van der Waals surface area contributed by atoms with Crippen molar-refractivity contribution < 1.29 is 8.42 Å². The Morgan fingerprint density at radius 1 is 1.36 bits per heavy atom. The molecule has 0 aliphatic rings. The Morgan fingerprint density at radius 2 is 1.93 bits per heavy atom. The third-order valence-corrected chi connectivity index (χ3v) is 4.59. The molecule has 0 aliphatic heterocycles. The van der Waals surface area contributed by atoms with Crippen LogP contribution in [0.25, 0.3) is 0 Å². The van der Waals surface area contributed by atoms with Gasteiger partial charge in [0.15, 0.2) is 0 Å². The van der Waals surface area contributed by atoms with Gasteiger partial charge in [0, 0.05) is 31.0 Å². The summed E-state index contributed by atoms with van der Waals surface area (Å²) in [6, 6.07) is 0. The molecule has 14 heavy (non-hydrogen) atoms. The maximum Gasteiger partial charge on any atom is 0.244 e. The molecular formula is C8H11BrN2O2S. The van der Waals surface area contributed by atoms with Crippen molar-refractivity contribution >= 4 is 26.0 Å². The summed E-state index contributed by atoms with van der Waals surface area (Å²) in [5, 5.41) is 0. The predicted molar refractivity (Wildman–Crippen MR) is 57.5 cm³/mol. The normalized spacial score (nSPS) is 12.1. The number of hydrogen-bond donors (Lipinski definition) is 0. The molecule has 0 fully saturated rings. The van der Waals surface area contributed by atoms with Gasteiger partial charge < -0.3 is 0 Å². The highest BCUT2D eigenvalue weighted by molar-refractivity contribution is 9.10. The number of hydrogen-bond acceptors (Lipinski definition) is 3. The smallest absolute Gasteiger partial charge is 0.244 e. The van der Waals surface area contributed by atoms with Gasteiger partial charge >= 0.3 is 0 Å². The van der Waals surface area contributed by atoms with Gasteiger partial charge in [0.05, 0.1) is 0 Å². The molecule has 0 bridgehead atoms. The van der Waals surface area contributed by atoms with Crippen LogP contribution in [0.2, 0.25) is 0 Å². The van der Waals surface area contributed by atoms with Crippen molar-refractivity contribution in [3.63, 3.8) is 0 Å². The fourth-order valence-electron chi connectivity index (χ4n) is 0.939. The number of aromatic nitrogens is 1. The van der Waals surface area contributed by atoms with Crippen molar-refractivity contribution in [2.45, 2.75) is 11.8 Å². The molecule has 1 heterocycles. The average molecular weight is 279 g/mol. The Hall–Kier alpha value is -0.460. The SMILES string of the molecule is Cc1c(Br)cncc1S(=O)(=O)N(C)C. The first-order valence-electron chi connectivity index (χ1n) is 3.90. The average Bonchev–Trinajstić information content (AvgIpc) is 2.09. The summed E-state index contributed by atoms with van der Waals surface area (Å²) in [5.74, 6) is 0. The van der Waals surface area contributed by atoms with Crippen molar-refractivity contribution in [1.82, 2.24) is 9.29 Å². The number of rotatable bonds is 2. The molecule has 0 saturated carbocycles. The summed E-state index contributed by atoms with van der Waals surface area (Å²) in [4.78, 5) is 4.07. The largest absolute Gasteiger partial charge is 0.262 e. The molecule has 6 heteroatoms. The summed E-state index contributed by atoms with van der Waals surface area (Å²) in [7, 11) is -0.398. The quantitative estimate of drug-likeness (QED) is 0.822. The monoisotopic (exact) mass is 278 g/mol. The topological polar surface area (TPSA) is 50.3 Å². The van der Waals surface area contributed by atoms with Gasteiger partial charge in [-0.2, -0.15) is 0 Å². The van der Waals surface area contributed by atoms with E-state index in [0.29, 0.717) is 10.0 Å². The van der Waals surface area contributed by atoms with Crippen LogP contribution in [0.5, 0.6) is 0 Å². The first-order valence-corrected chi connectivity index (χ1v) is 6.13. The van der Waals surface area contributed by atoms with Gasteiger partial charge in [-0.05, 0) is 28.4 Å². The van der Waals surface area contributed by atoms with Crippen LogP contribution in [0, 0.1) is 6.92 Å². The highest BCUT2D eigenvalue weighted by atomic mass is 79.9. The lowest BCUT2D eigenvalue weighted by Gasteiger charge is -2.13. The fraction of sp³-hybridized carbons (Fsp3) is 0.375. The lowest BCUT2D eigenvalue weighted by atomic mass is 10.3. The van der Waals surface area contributed by atoms with Crippen LogP contribution in [0.15, 0.2) is 21.8 Å². The minimum absolute atomic E-state index is 0.233. The van der Waals surface area contributed by atoms with E-state index in [1.54, 1.807) is 13.1 Å². The molecule has 1 aromatic heterocycles. The van der Waals surface area contributed by atoms with Crippen LogP contribution in [0.1, 0.15) is 5.56 Å². The Labute approximate surface area is 92.1 Å². The van der Waals surface area contributed by atoms with E-state index in [-0.39, 0.29) is 4.90 Å². The molecule has 0 spiro atoms. The summed E-state index contributed by atoms with van der Waals surface area (Å²) >= 11 is 3.24. The molecule has 0 amide bonds. The van der Waals surface area contributed by atoms with E-state index >= 15 is 0 Å². The molecular weight excluding hydrogens is 268 g/mol. The maximum absolute atomic E-state index is 11.8. The number of sulfonamides is 1. The standard InChI is InChI=1S/C8H11BrN2O2S/c1-6-7(9)4-10-5-8(6)14(12,13)11(2)3/h4-5H,1-3H3. The Morgan fingerprint density at radius 3 is 2.43 bits per heavy atom. The Balaban J connectivity index is 3.42. The number of halogens is 1. The molecule has 0 aromatic carbocycles. The zero-order valence-corrected chi connectivity index (χ0v) is 10.6. The first-order chi connectivity index (χ1) is 6.37. The highest BCUT2D eigenvalue weighted by Crippen LogP contribution is 2.23. The van der Waals surface area contributed by atoms with E-state index in [0.717, 1.165) is 0 Å². The summed E-state index contributed by atoms with van der Waals surface area (Å²) < 4.78 is 25.4. The van der Waals surface area contributed by atoms with Gasteiger partial charge in [-0.15, -0.1) is 0 Å². The van der Waals surface area contributed by atoms with Crippen LogP contribution >= 0.6 is 15.9 Å². The van der Waals surface area contributed by atoms with E-state index < -0.39 is 10.0 Å². The predicted octanol–water partition coefficient (Wildman–Crippen LogP) is 1.40. The highest BCUT2D eigenvalue weighted by Gasteiger charge is 2.20. The molecule has 0 atom stereocenters. The molecule has 0 N–H and O–H groups in total. The minimum Gasteiger partial charge on any atom is -0.262 e. The third kappa shape index (κ3) is 1.97. The van der Waals surface area contributed by atoms with Crippen molar-refractivity contribution in [2.24, 2.45) is 0 Å². The van der Waals surface area contributed by atoms with Crippen molar-refractivity contribution in [3.05, 3.63) is 22.4 Å². The fourth-order valence-corrected chi connectivity index (χ4v) is 2.49. The van der Waals surface area contributed by atoms with Crippen molar-refractivity contribution in [2.75, 3.05) is 14.1 Å². The molecule has 78 valence electrons. The van der Waals surface area contributed by atoms with Gasteiger partial charge in [-0.1, -0.05) is 0 Å². The van der Waals surface area contributed by atoms with E-state index in [2.05, 4.69) is 20.9 Å². The van der Waals surface area contributed by atoms with Crippen LogP contribution in [0.4, 0.5) is 0 Å². The molecule has 0 saturated heterocycles. The molecule has 0 unspecified atom stereocenters. The van der Waals surface area contributed by atoms with E-state index in [4.69, 9.17) is 0 Å². The zero-order chi connectivity index (χ0) is 10.9. The second-order valence-electron chi connectivity index (χ2n) is 3.03. The molecule has 1 aromatic rings. The molecule has 0 radical (unpaired) electrons. The Bertz CT molecular complexity index is 443. The van der Waals surface area contributed by atoms with E-state index in [9.17, 15) is 8.42 Å². The molecule has 1 rings (SSSR count). The zero-order valence-electron chi connectivity index (χ0n) is 8.15. The maximum atomic E-state index is 11.8. The first kappa shape index (κ1) is 11.6. The van der Waals surface area contributed by atoms with E-state index in [1.807, 2.05) is 0 Å². The van der Waals surface area contributed by atoms with Crippen molar-refractivity contribution in [1.29, 1.82) is 0 Å². The van der Waals surface area contributed by atoms with Gasteiger partial charge in [-0.3, -0.25) is 4.98 Å². The summed E-state index contributed by atoms with van der Waals surface area (Å²) in [6.07, 6.45) is 2.93. The van der Waals surface area contributed by atoms with Crippen molar-refractivity contribution in [3.8, 4) is 0 Å². The Kier molecular flexibility index (Phi) is 3.28. The van der Waals surface area contributed by atoms with Crippen LogP contribution in [-0.2, 0) is 10.0 Å². The van der Waals surface area contributed by atoms with Crippen LogP contribution in [0.3, 0.4) is 0 Å². The van der Waals surface area contributed by atoms with Crippen LogP contribution in [-0.4, -0.2) is 31.8 Å². The minimum atomic E-state index is -3.39. The number of nitrogens with zero attached hydrogens (tertiary/aromatic N) is 2. The second-order valence-corrected chi connectivity index (χ2v) is 6.01. The van der Waals surface area contributed by atoms with E-state index in [1.165, 1.54) is 24.6 Å². The second kappa shape index (κ2) is 3.96. The lowest BCUT2D eigenvalue weighted by molar-refractivity contribution is 0.519. The number of pyridine rings is 1. The van der Waals surface area contributed by atoms with Gasteiger partial charge in [0.25, 0.3) is 0 Å². The van der Waals surface area contributed by atoms with Crippen LogP contribution < -0.4 is 0 Å². The lowest BCUT2D eigenvalue weighted by Crippen LogP contribution is -2.23. The summed E-state index contributed by atoms with van der Waals surface area (Å²) in [5.41, 5.74) is 0.675. The van der Waals surface area contributed by atoms with Gasteiger partial charge in [0.2, 0.25) is 10.0 Å². The summed E-state index contributed by atoms with van der Waals surface area (Å²) in [6.45, 7) is 1.74. The third-order valence-electron chi connectivity index (χ3n) is 1.87. The van der Waals surface area contributed by atoms with Gasteiger partial charge in [-0.25, -0.2) is 12.7 Å². The van der Waals surface area contributed by atoms with Gasteiger partial charge in [0.1, 0.15) is 4.90 Å². The molecule has 4 nitrogen and oxygen atoms in total. The molecule has 0 aliphatic carbocycles.